The van der Waals surface area contributed by atoms with Crippen molar-refractivity contribution in [1.82, 2.24) is 0 Å². The maximum atomic E-state index is 13.9. The SMILES string of the molecule is OC(CSc1ccccc1)c1ccc(Br)c(Cl)c1F. The first-order chi connectivity index (χ1) is 9.09. The fraction of sp³-hybridized carbons (Fsp3) is 0.143. The van der Waals surface area contributed by atoms with Gasteiger partial charge in [0.1, 0.15) is 5.82 Å². The minimum absolute atomic E-state index is 0.00117. The Morgan fingerprint density at radius 3 is 2.58 bits per heavy atom. The highest BCUT2D eigenvalue weighted by molar-refractivity contribution is 9.10. The van der Waals surface area contributed by atoms with Gasteiger partial charge in [-0.05, 0) is 34.1 Å². The van der Waals surface area contributed by atoms with Gasteiger partial charge in [-0.25, -0.2) is 4.39 Å². The lowest BCUT2D eigenvalue weighted by molar-refractivity contribution is 0.199. The summed E-state index contributed by atoms with van der Waals surface area (Å²) in [5, 5.41) is 10.0. The van der Waals surface area contributed by atoms with Crippen LogP contribution in [0.3, 0.4) is 0 Å². The smallest absolute Gasteiger partial charge is 0.148 e. The fourth-order valence-electron chi connectivity index (χ4n) is 1.58. The van der Waals surface area contributed by atoms with E-state index < -0.39 is 11.9 Å². The van der Waals surface area contributed by atoms with Crippen LogP contribution in [0.15, 0.2) is 51.8 Å². The highest BCUT2D eigenvalue weighted by Crippen LogP contribution is 2.32. The number of thioether (sulfide) groups is 1. The number of hydrogen-bond acceptors (Lipinski definition) is 2. The third-order valence-corrected chi connectivity index (χ3v) is 4.92. The van der Waals surface area contributed by atoms with Crippen molar-refractivity contribution in [2.75, 3.05) is 5.75 Å². The Hall–Kier alpha value is -0.550. The molecule has 19 heavy (non-hydrogen) atoms. The van der Waals surface area contributed by atoms with Gasteiger partial charge in [0.15, 0.2) is 0 Å². The fourth-order valence-corrected chi connectivity index (χ4v) is 2.94. The first-order valence-electron chi connectivity index (χ1n) is 5.59. The molecule has 1 N–H and O–H groups in total. The summed E-state index contributed by atoms with van der Waals surface area (Å²) in [6, 6.07) is 12.8. The van der Waals surface area contributed by atoms with E-state index in [1.165, 1.54) is 11.8 Å². The molecule has 0 aromatic heterocycles. The van der Waals surface area contributed by atoms with Crippen molar-refractivity contribution < 1.29 is 9.50 Å². The first-order valence-corrected chi connectivity index (χ1v) is 7.74. The highest BCUT2D eigenvalue weighted by Gasteiger charge is 2.17. The molecule has 2 aromatic rings. The minimum atomic E-state index is -0.893. The molecule has 0 spiro atoms. The van der Waals surface area contributed by atoms with E-state index >= 15 is 0 Å². The molecule has 0 amide bonds. The lowest BCUT2D eigenvalue weighted by atomic mass is 10.1. The van der Waals surface area contributed by atoms with E-state index in [4.69, 9.17) is 11.6 Å². The molecule has 0 aliphatic carbocycles. The molecule has 0 radical (unpaired) electrons. The Labute approximate surface area is 128 Å². The van der Waals surface area contributed by atoms with Crippen molar-refractivity contribution in [3.8, 4) is 0 Å². The van der Waals surface area contributed by atoms with Crippen LogP contribution in [-0.4, -0.2) is 10.9 Å². The van der Waals surface area contributed by atoms with E-state index in [9.17, 15) is 9.50 Å². The van der Waals surface area contributed by atoms with Gasteiger partial charge in [0.2, 0.25) is 0 Å². The van der Waals surface area contributed by atoms with Crippen LogP contribution >= 0.6 is 39.3 Å². The third-order valence-electron chi connectivity index (χ3n) is 2.58. The molecule has 0 fully saturated rings. The maximum Gasteiger partial charge on any atom is 0.148 e. The molecule has 0 aliphatic heterocycles. The molecule has 0 aliphatic rings. The van der Waals surface area contributed by atoms with Gasteiger partial charge in [-0.3, -0.25) is 0 Å². The number of aliphatic hydroxyl groups excluding tert-OH is 1. The lowest BCUT2D eigenvalue weighted by Crippen LogP contribution is -2.04. The lowest BCUT2D eigenvalue weighted by Gasteiger charge is -2.13. The molecule has 0 saturated carbocycles. The Morgan fingerprint density at radius 2 is 1.89 bits per heavy atom. The van der Waals surface area contributed by atoms with Gasteiger partial charge in [0, 0.05) is 20.7 Å². The Kier molecular flexibility index (Phi) is 5.28. The average Bonchev–Trinajstić information content (AvgIpc) is 2.43. The second kappa shape index (κ2) is 6.75. The topological polar surface area (TPSA) is 20.2 Å². The van der Waals surface area contributed by atoms with Gasteiger partial charge in [0.25, 0.3) is 0 Å². The zero-order valence-electron chi connectivity index (χ0n) is 9.82. The van der Waals surface area contributed by atoms with E-state index in [1.807, 2.05) is 30.3 Å². The Balaban J connectivity index is 2.08. The summed E-state index contributed by atoms with van der Waals surface area (Å²) in [5.41, 5.74) is 0.219. The van der Waals surface area contributed by atoms with E-state index in [-0.39, 0.29) is 10.6 Å². The molecule has 1 nitrogen and oxygen atoms in total. The molecule has 1 unspecified atom stereocenters. The zero-order chi connectivity index (χ0) is 13.8. The first kappa shape index (κ1) is 14.9. The molecule has 0 heterocycles. The number of benzene rings is 2. The summed E-state index contributed by atoms with van der Waals surface area (Å²) in [6.07, 6.45) is -0.893. The molecule has 0 bridgehead atoms. The largest absolute Gasteiger partial charge is 0.387 e. The molecule has 2 aromatic carbocycles. The van der Waals surface area contributed by atoms with Crippen LogP contribution in [0.1, 0.15) is 11.7 Å². The van der Waals surface area contributed by atoms with E-state index in [2.05, 4.69) is 15.9 Å². The van der Waals surface area contributed by atoms with Crippen molar-refractivity contribution in [2.45, 2.75) is 11.0 Å². The normalized spacial score (nSPS) is 12.4. The van der Waals surface area contributed by atoms with Crippen molar-refractivity contribution in [3.05, 3.63) is 63.3 Å². The van der Waals surface area contributed by atoms with E-state index in [0.717, 1.165) is 4.90 Å². The average molecular weight is 362 g/mol. The predicted molar refractivity (Wildman–Crippen MR) is 81.2 cm³/mol. The second-order valence-electron chi connectivity index (χ2n) is 3.90. The quantitative estimate of drug-likeness (QED) is 0.606. The summed E-state index contributed by atoms with van der Waals surface area (Å²) in [5.74, 6) is -0.198. The molecule has 1 atom stereocenters. The Bertz CT molecular complexity index is 565. The van der Waals surface area contributed by atoms with Crippen LogP contribution in [0.2, 0.25) is 5.02 Å². The summed E-state index contributed by atoms with van der Waals surface area (Å²) in [7, 11) is 0. The van der Waals surface area contributed by atoms with Crippen LogP contribution in [0.4, 0.5) is 4.39 Å². The predicted octanol–water partition coefficient (Wildman–Crippen LogP) is 5.07. The summed E-state index contributed by atoms with van der Waals surface area (Å²) in [4.78, 5) is 1.03. The minimum Gasteiger partial charge on any atom is -0.387 e. The number of hydrogen-bond donors (Lipinski definition) is 1. The third kappa shape index (κ3) is 3.72. The monoisotopic (exact) mass is 360 g/mol. The van der Waals surface area contributed by atoms with Gasteiger partial charge in [-0.2, -0.15) is 0 Å². The zero-order valence-corrected chi connectivity index (χ0v) is 13.0. The van der Waals surface area contributed by atoms with Gasteiger partial charge in [-0.1, -0.05) is 35.9 Å². The molecule has 2 rings (SSSR count). The van der Waals surface area contributed by atoms with Crippen LogP contribution in [0.25, 0.3) is 0 Å². The van der Waals surface area contributed by atoms with Crippen LogP contribution in [0.5, 0.6) is 0 Å². The van der Waals surface area contributed by atoms with Gasteiger partial charge < -0.3 is 5.11 Å². The van der Waals surface area contributed by atoms with Crippen molar-refractivity contribution in [2.24, 2.45) is 0 Å². The summed E-state index contributed by atoms with van der Waals surface area (Å²) >= 11 is 10.4. The Morgan fingerprint density at radius 1 is 1.21 bits per heavy atom. The van der Waals surface area contributed by atoms with E-state index in [1.54, 1.807) is 12.1 Å². The summed E-state index contributed by atoms with van der Waals surface area (Å²) in [6.45, 7) is 0. The molecular formula is C14H11BrClFOS. The van der Waals surface area contributed by atoms with Crippen LogP contribution in [-0.2, 0) is 0 Å². The van der Waals surface area contributed by atoms with Gasteiger partial charge >= 0.3 is 0 Å². The molecular weight excluding hydrogens is 351 g/mol. The van der Waals surface area contributed by atoms with Crippen molar-refractivity contribution in [1.29, 1.82) is 0 Å². The standard InChI is InChI=1S/C14H11BrClFOS/c15-11-7-6-10(14(17)13(11)16)12(18)8-19-9-4-2-1-3-5-9/h1-7,12,18H,8H2. The van der Waals surface area contributed by atoms with Gasteiger partial charge in [-0.15, -0.1) is 11.8 Å². The summed E-state index contributed by atoms with van der Waals surface area (Å²) < 4.78 is 14.4. The van der Waals surface area contributed by atoms with Gasteiger partial charge in [0.05, 0.1) is 11.1 Å². The number of halogens is 3. The maximum absolute atomic E-state index is 13.9. The van der Waals surface area contributed by atoms with Crippen molar-refractivity contribution in [3.63, 3.8) is 0 Å². The van der Waals surface area contributed by atoms with Crippen LogP contribution < -0.4 is 0 Å². The van der Waals surface area contributed by atoms with Crippen molar-refractivity contribution >= 4 is 39.3 Å². The van der Waals surface area contributed by atoms with Crippen LogP contribution in [0, 0.1) is 5.82 Å². The number of aliphatic hydroxyl groups is 1. The second-order valence-corrected chi connectivity index (χ2v) is 6.23. The molecule has 5 heteroatoms. The van der Waals surface area contributed by atoms with E-state index in [0.29, 0.717) is 10.2 Å². The highest BCUT2D eigenvalue weighted by atomic mass is 79.9. The molecule has 100 valence electrons. The number of rotatable bonds is 4. The molecule has 0 saturated heterocycles.